The van der Waals surface area contributed by atoms with Crippen LogP contribution in [0.1, 0.15) is 35.0 Å². The fourth-order valence-electron chi connectivity index (χ4n) is 2.76. The van der Waals surface area contributed by atoms with E-state index >= 15 is 0 Å². The van der Waals surface area contributed by atoms with E-state index in [-0.39, 0.29) is 12.4 Å². The highest BCUT2D eigenvalue weighted by Crippen LogP contribution is 2.28. The first-order valence-electron chi connectivity index (χ1n) is 6.62. The lowest BCUT2D eigenvalue weighted by molar-refractivity contribution is 0.0952. The number of carbonyl (C=O) groups is 1. The van der Waals surface area contributed by atoms with Gasteiger partial charge in [0.15, 0.2) is 5.78 Å². The normalized spacial score (nSPS) is 18.4. The maximum atomic E-state index is 12.0. The molecule has 0 saturated heterocycles. The van der Waals surface area contributed by atoms with E-state index in [2.05, 4.69) is 11.5 Å². The molecular formula is C16H17NO2. The van der Waals surface area contributed by atoms with Gasteiger partial charge in [0.05, 0.1) is 6.61 Å². The van der Waals surface area contributed by atoms with Crippen LogP contribution in [0.2, 0.25) is 0 Å². The number of hydrogen-bond donors (Lipinski definition) is 1. The minimum absolute atomic E-state index is 0.0551. The largest absolute Gasteiger partial charge is 0.392 e. The molecule has 0 radical (unpaired) electrons. The molecule has 1 aromatic heterocycles. The Hall–Kier alpha value is -1.87. The first-order chi connectivity index (χ1) is 9.19. The molecule has 1 unspecified atom stereocenters. The van der Waals surface area contributed by atoms with Gasteiger partial charge in [-0.1, -0.05) is 19.1 Å². The van der Waals surface area contributed by atoms with Crippen molar-refractivity contribution in [3.63, 3.8) is 0 Å². The minimum Gasteiger partial charge on any atom is -0.392 e. The number of rotatable bonds is 2. The van der Waals surface area contributed by atoms with Crippen LogP contribution in [-0.2, 0) is 13.0 Å². The van der Waals surface area contributed by atoms with Gasteiger partial charge in [-0.15, -0.1) is 0 Å². The van der Waals surface area contributed by atoms with Gasteiger partial charge in [-0.05, 0) is 36.1 Å². The predicted molar refractivity (Wildman–Crippen MR) is 73.5 cm³/mol. The fourth-order valence-corrected chi connectivity index (χ4v) is 2.76. The van der Waals surface area contributed by atoms with Crippen LogP contribution in [0.25, 0.3) is 5.69 Å². The number of aromatic nitrogens is 1. The van der Waals surface area contributed by atoms with E-state index in [1.807, 2.05) is 36.5 Å². The molecular weight excluding hydrogens is 238 g/mol. The molecule has 1 heterocycles. The van der Waals surface area contributed by atoms with Crippen molar-refractivity contribution in [3.05, 3.63) is 53.3 Å². The molecule has 1 aliphatic carbocycles. The van der Waals surface area contributed by atoms with Crippen molar-refractivity contribution in [3.8, 4) is 5.69 Å². The van der Waals surface area contributed by atoms with Gasteiger partial charge in [0.25, 0.3) is 0 Å². The Balaban J connectivity index is 2.04. The number of carbonyl (C=O) groups excluding carboxylic acids is 1. The Morgan fingerprint density at radius 1 is 1.21 bits per heavy atom. The Morgan fingerprint density at radius 2 is 1.95 bits per heavy atom. The van der Waals surface area contributed by atoms with Crippen LogP contribution in [0.15, 0.2) is 36.5 Å². The maximum absolute atomic E-state index is 12.0. The van der Waals surface area contributed by atoms with Gasteiger partial charge in [-0.3, -0.25) is 4.79 Å². The van der Waals surface area contributed by atoms with Crippen LogP contribution < -0.4 is 0 Å². The van der Waals surface area contributed by atoms with E-state index in [1.165, 1.54) is 0 Å². The highest BCUT2D eigenvalue weighted by Gasteiger charge is 2.25. The summed E-state index contributed by atoms with van der Waals surface area (Å²) in [4.78, 5) is 12.0. The summed E-state index contributed by atoms with van der Waals surface area (Å²) in [6.07, 6.45) is 3.56. The highest BCUT2D eigenvalue weighted by atomic mass is 16.3. The number of benzene rings is 1. The van der Waals surface area contributed by atoms with E-state index < -0.39 is 0 Å². The number of fused-ring (bicyclic) bond motifs is 1. The van der Waals surface area contributed by atoms with Gasteiger partial charge in [0.2, 0.25) is 0 Å². The molecule has 1 N–H and O–H groups in total. The SMILES string of the molecule is CC1CC(=O)c2ccn(-c3ccc(CO)cc3)c2C1. The zero-order valence-electron chi connectivity index (χ0n) is 11.0. The molecule has 0 aliphatic heterocycles. The second-order valence-electron chi connectivity index (χ2n) is 5.31. The topological polar surface area (TPSA) is 42.2 Å². The summed E-state index contributed by atoms with van der Waals surface area (Å²) in [5.41, 5.74) is 3.92. The number of aliphatic hydroxyl groups excluding tert-OH is 1. The van der Waals surface area contributed by atoms with Crippen molar-refractivity contribution in [1.29, 1.82) is 0 Å². The van der Waals surface area contributed by atoms with Crippen molar-refractivity contribution in [2.75, 3.05) is 0 Å². The van der Waals surface area contributed by atoms with E-state index in [0.29, 0.717) is 12.3 Å². The highest BCUT2D eigenvalue weighted by molar-refractivity contribution is 5.98. The molecule has 0 fully saturated rings. The average Bonchev–Trinajstić information content (AvgIpc) is 2.83. The number of hydrogen-bond acceptors (Lipinski definition) is 2. The molecule has 1 aliphatic rings. The van der Waals surface area contributed by atoms with E-state index in [1.54, 1.807) is 0 Å². The molecule has 3 heteroatoms. The van der Waals surface area contributed by atoms with Crippen LogP contribution in [0.4, 0.5) is 0 Å². The van der Waals surface area contributed by atoms with E-state index in [0.717, 1.165) is 28.9 Å². The molecule has 0 bridgehead atoms. The molecule has 3 nitrogen and oxygen atoms in total. The second kappa shape index (κ2) is 4.67. The Morgan fingerprint density at radius 3 is 2.63 bits per heavy atom. The maximum Gasteiger partial charge on any atom is 0.164 e. The lowest BCUT2D eigenvalue weighted by Gasteiger charge is -2.20. The first kappa shape index (κ1) is 12.2. The van der Waals surface area contributed by atoms with E-state index in [9.17, 15) is 4.79 Å². The number of aliphatic hydroxyl groups is 1. The second-order valence-corrected chi connectivity index (χ2v) is 5.31. The lowest BCUT2D eigenvalue weighted by atomic mass is 9.88. The van der Waals surface area contributed by atoms with Gasteiger partial charge >= 0.3 is 0 Å². The first-order valence-corrected chi connectivity index (χ1v) is 6.62. The van der Waals surface area contributed by atoms with Crippen molar-refractivity contribution in [2.45, 2.75) is 26.4 Å². The predicted octanol–water partition coefficient (Wildman–Crippen LogP) is 2.73. The van der Waals surface area contributed by atoms with Crippen LogP contribution in [0, 0.1) is 5.92 Å². The summed E-state index contributed by atoms with van der Waals surface area (Å²) in [5, 5.41) is 9.07. The van der Waals surface area contributed by atoms with E-state index in [4.69, 9.17) is 5.11 Å². The zero-order chi connectivity index (χ0) is 13.4. The summed E-state index contributed by atoms with van der Waals surface area (Å²) in [6, 6.07) is 9.71. The summed E-state index contributed by atoms with van der Waals surface area (Å²) < 4.78 is 2.09. The standard InChI is InChI=1S/C16H17NO2/c1-11-8-15-14(16(19)9-11)6-7-17(15)13-4-2-12(10-18)3-5-13/h2-7,11,18H,8-10H2,1H3. The van der Waals surface area contributed by atoms with Gasteiger partial charge in [-0.2, -0.15) is 0 Å². The van der Waals surface area contributed by atoms with Crippen LogP contribution in [-0.4, -0.2) is 15.5 Å². The fraction of sp³-hybridized carbons (Fsp3) is 0.312. The lowest BCUT2D eigenvalue weighted by Crippen LogP contribution is -2.19. The number of Topliss-reactive ketones (excluding diaryl/α,β-unsaturated/α-hetero) is 1. The van der Waals surface area contributed by atoms with Gasteiger partial charge < -0.3 is 9.67 Å². The van der Waals surface area contributed by atoms with Crippen molar-refractivity contribution < 1.29 is 9.90 Å². The van der Waals surface area contributed by atoms with Gasteiger partial charge in [0, 0.05) is 29.6 Å². The molecule has 0 amide bonds. The summed E-state index contributed by atoms with van der Waals surface area (Å²) in [6.45, 7) is 2.17. The Kier molecular flexibility index (Phi) is 2.99. The average molecular weight is 255 g/mol. The molecule has 0 saturated carbocycles. The summed E-state index contributed by atoms with van der Waals surface area (Å²) in [7, 11) is 0. The molecule has 98 valence electrons. The third-order valence-corrected chi connectivity index (χ3v) is 3.77. The molecule has 3 rings (SSSR count). The summed E-state index contributed by atoms with van der Waals surface area (Å²) in [5.74, 6) is 0.657. The van der Waals surface area contributed by atoms with Crippen LogP contribution >= 0.6 is 0 Å². The van der Waals surface area contributed by atoms with Crippen LogP contribution in [0.5, 0.6) is 0 Å². The quantitative estimate of drug-likeness (QED) is 0.896. The van der Waals surface area contributed by atoms with Gasteiger partial charge in [-0.25, -0.2) is 0 Å². The van der Waals surface area contributed by atoms with Crippen molar-refractivity contribution in [1.82, 2.24) is 4.57 Å². The van der Waals surface area contributed by atoms with Gasteiger partial charge in [0.1, 0.15) is 0 Å². The Bertz CT molecular complexity index is 610. The smallest absolute Gasteiger partial charge is 0.164 e. The third-order valence-electron chi connectivity index (χ3n) is 3.77. The molecule has 2 aromatic rings. The molecule has 1 aromatic carbocycles. The van der Waals surface area contributed by atoms with Crippen molar-refractivity contribution >= 4 is 5.78 Å². The molecule has 1 atom stereocenters. The minimum atomic E-state index is 0.0551. The summed E-state index contributed by atoms with van der Waals surface area (Å²) >= 11 is 0. The molecule has 0 spiro atoms. The monoisotopic (exact) mass is 255 g/mol. The van der Waals surface area contributed by atoms with Crippen molar-refractivity contribution in [2.24, 2.45) is 5.92 Å². The number of ketones is 1. The third kappa shape index (κ3) is 2.10. The number of nitrogens with zero attached hydrogens (tertiary/aromatic N) is 1. The Labute approximate surface area is 112 Å². The zero-order valence-corrected chi connectivity index (χ0v) is 11.0. The van der Waals surface area contributed by atoms with Crippen LogP contribution in [0.3, 0.4) is 0 Å². The molecule has 19 heavy (non-hydrogen) atoms.